The van der Waals surface area contributed by atoms with Crippen molar-refractivity contribution in [1.29, 1.82) is 5.41 Å². The first-order chi connectivity index (χ1) is 16.3. The van der Waals surface area contributed by atoms with Crippen LogP contribution in [0.5, 0.6) is 0 Å². The molecule has 1 aromatic heterocycles. The molecular formula is C25H26N6O2S. The lowest BCUT2D eigenvalue weighted by Crippen LogP contribution is -2.35. The number of carbonyl (C=O) groups excluding carboxylic acids is 2. The summed E-state index contributed by atoms with van der Waals surface area (Å²) in [6.07, 6.45) is 3.94. The normalized spacial score (nSPS) is 19.1. The number of nitrogens with one attached hydrogen (secondary N) is 1. The van der Waals surface area contributed by atoms with Gasteiger partial charge >= 0.3 is 0 Å². The molecule has 34 heavy (non-hydrogen) atoms. The van der Waals surface area contributed by atoms with Crippen molar-refractivity contribution >= 4 is 45.7 Å². The van der Waals surface area contributed by atoms with Gasteiger partial charge in [-0.05, 0) is 80.8 Å². The van der Waals surface area contributed by atoms with Gasteiger partial charge in [0.25, 0.3) is 5.91 Å². The van der Waals surface area contributed by atoms with Crippen molar-refractivity contribution < 1.29 is 9.59 Å². The first kappa shape index (κ1) is 22.3. The first-order valence-corrected chi connectivity index (χ1v) is 12.2. The number of thioether (sulfide) groups is 1. The van der Waals surface area contributed by atoms with Gasteiger partial charge in [0.2, 0.25) is 11.1 Å². The predicted molar refractivity (Wildman–Crippen MR) is 135 cm³/mol. The van der Waals surface area contributed by atoms with Gasteiger partial charge in [-0.3, -0.25) is 15.0 Å². The molecule has 0 saturated carbocycles. The second kappa shape index (κ2) is 8.72. The van der Waals surface area contributed by atoms with Crippen molar-refractivity contribution in [2.24, 2.45) is 10.1 Å². The van der Waals surface area contributed by atoms with E-state index in [0.29, 0.717) is 10.2 Å². The molecule has 1 fully saturated rings. The van der Waals surface area contributed by atoms with E-state index in [1.807, 2.05) is 30.9 Å². The van der Waals surface area contributed by atoms with Crippen LogP contribution in [0.2, 0.25) is 0 Å². The van der Waals surface area contributed by atoms with Crippen LogP contribution in [-0.2, 0) is 9.59 Å². The van der Waals surface area contributed by atoms with Gasteiger partial charge in [0, 0.05) is 30.2 Å². The third kappa shape index (κ3) is 4.00. The number of hydrogen-bond donors (Lipinski definition) is 1. The summed E-state index contributed by atoms with van der Waals surface area (Å²) in [6, 6.07) is 10.2. The van der Waals surface area contributed by atoms with Crippen molar-refractivity contribution in [2.45, 2.75) is 40.0 Å². The van der Waals surface area contributed by atoms with Gasteiger partial charge < -0.3 is 9.47 Å². The first-order valence-electron chi connectivity index (χ1n) is 11.3. The highest BCUT2D eigenvalue weighted by Gasteiger charge is 2.36. The lowest BCUT2D eigenvalue weighted by Gasteiger charge is -2.20. The molecule has 3 aliphatic rings. The van der Waals surface area contributed by atoms with Crippen molar-refractivity contribution in [3.8, 4) is 5.69 Å². The van der Waals surface area contributed by atoms with E-state index in [9.17, 15) is 9.59 Å². The van der Waals surface area contributed by atoms with Crippen LogP contribution in [-0.4, -0.2) is 55.4 Å². The highest BCUT2D eigenvalue weighted by molar-refractivity contribution is 8.27. The Morgan fingerprint density at radius 1 is 1.18 bits per heavy atom. The summed E-state index contributed by atoms with van der Waals surface area (Å²) < 4.78 is 2.14. The standard InChI is InChI=1S/C25H26N6O2S/c1-15-7-6-8-19(11-15)30-16(2)12-18(17(30)3)13-20-23(26)31-25(27-24(20)33)34-21(28-31)14-22(32)29-9-4-5-10-29/h6-8,11-13,26H,4-5,9-10,14H2,1-3H3/b20-13+,26-23?. The third-order valence-corrected chi connectivity index (χ3v) is 7.20. The van der Waals surface area contributed by atoms with Crippen molar-refractivity contribution in [2.75, 3.05) is 13.1 Å². The molecule has 0 aliphatic carbocycles. The fraction of sp³-hybridized carbons (Fsp3) is 0.320. The Hall–Kier alpha value is -3.46. The van der Waals surface area contributed by atoms with Crippen LogP contribution in [0.3, 0.4) is 0 Å². The van der Waals surface area contributed by atoms with Gasteiger partial charge in [0.05, 0.1) is 12.0 Å². The van der Waals surface area contributed by atoms with Crippen molar-refractivity contribution in [1.82, 2.24) is 14.5 Å². The predicted octanol–water partition coefficient (Wildman–Crippen LogP) is 4.03. The number of aromatic nitrogens is 1. The SMILES string of the molecule is Cc1cccc(-n2c(C)cc(/C=C3\C(=N)N4N=C(CC(=O)N5CCCC5)SC4=NC3=O)c2C)c1. The van der Waals surface area contributed by atoms with Crippen LogP contribution >= 0.6 is 11.8 Å². The number of carbonyl (C=O) groups is 2. The van der Waals surface area contributed by atoms with Crippen LogP contribution in [0.1, 0.15) is 41.8 Å². The minimum Gasteiger partial charge on any atom is -0.342 e. The second-order valence-electron chi connectivity index (χ2n) is 8.78. The summed E-state index contributed by atoms with van der Waals surface area (Å²) in [5, 5.41) is 15.4. The molecular weight excluding hydrogens is 448 g/mol. The molecule has 0 radical (unpaired) electrons. The van der Waals surface area contributed by atoms with Gasteiger partial charge in [0.1, 0.15) is 5.04 Å². The van der Waals surface area contributed by atoms with E-state index in [2.05, 4.69) is 39.8 Å². The summed E-state index contributed by atoms with van der Waals surface area (Å²) in [5.74, 6) is -0.459. The quantitative estimate of drug-likeness (QED) is 0.677. The summed E-state index contributed by atoms with van der Waals surface area (Å²) in [6.45, 7) is 7.64. The summed E-state index contributed by atoms with van der Waals surface area (Å²) in [7, 11) is 0. The minimum atomic E-state index is -0.466. The fourth-order valence-electron chi connectivity index (χ4n) is 4.56. The van der Waals surface area contributed by atoms with Gasteiger partial charge in [-0.15, -0.1) is 0 Å². The number of hydrogen-bond acceptors (Lipinski definition) is 5. The molecule has 0 spiro atoms. The number of nitrogens with zero attached hydrogens (tertiary/aromatic N) is 5. The average Bonchev–Trinajstić information content (AvgIpc) is 3.51. The lowest BCUT2D eigenvalue weighted by atomic mass is 10.1. The molecule has 3 aliphatic heterocycles. The van der Waals surface area contributed by atoms with E-state index in [4.69, 9.17) is 5.41 Å². The van der Waals surface area contributed by atoms with E-state index in [1.165, 1.54) is 22.3 Å². The number of amides is 2. The monoisotopic (exact) mass is 474 g/mol. The second-order valence-corrected chi connectivity index (χ2v) is 9.82. The number of aryl methyl sites for hydroxylation is 2. The molecule has 8 nitrogen and oxygen atoms in total. The summed E-state index contributed by atoms with van der Waals surface area (Å²) >= 11 is 1.19. The third-order valence-electron chi connectivity index (χ3n) is 6.29. The van der Waals surface area contributed by atoms with E-state index in [-0.39, 0.29) is 23.7 Å². The highest BCUT2D eigenvalue weighted by Crippen LogP contribution is 2.31. The van der Waals surface area contributed by atoms with Crippen molar-refractivity contribution in [3.63, 3.8) is 0 Å². The maximum atomic E-state index is 12.8. The molecule has 1 N–H and O–H groups in total. The zero-order valence-electron chi connectivity index (χ0n) is 19.5. The number of benzene rings is 1. The molecule has 9 heteroatoms. The molecule has 0 unspecified atom stereocenters. The number of rotatable bonds is 4. The molecule has 2 amide bonds. The summed E-state index contributed by atoms with van der Waals surface area (Å²) in [4.78, 5) is 31.4. The zero-order chi connectivity index (χ0) is 24.0. The van der Waals surface area contributed by atoms with Gasteiger partial charge in [-0.25, -0.2) is 0 Å². The van der Waals surface area contributed by atoms with Crippen LogP contribution in [0.15, 0.2) is 46.0 Å². The van der Waals surface area contributed by atoms with Gasteiger partial charge in [0.15, 0.2) is 5.84 Å². The van der Waals surface area contributed by atoms with Gasteiger partial charge in [-0.2, -0.15) is 15.1 Å². The Bertz CT molecular complexity index is 1310. The summed E-state index contributed by atoms with van der Waals surface area (Å²) in [5.41, 5.74) is 5.27. The number of amidine groups is 2. The minimum absolute atomic E-state index is 0.0218. The zero-order valence-corrected chi connectivity index (χ0v) is 20.3. The van der Waals surface area contributed by atoms with E-state index in [1.54, 1.807) is 6.08 Å². The topological polar surface area (TPSA) is 94.1 Å². The maximum absolute atomic E-state index is 12.8. The van der Waals surface area contributed by atoms with Crippen LogP contribution in [0, 0.1) is 26.2 Å². The van der Waals surface area contributed by atoms with E-state index < -0.39 is 5.91 Å². The number of likely N-dealkylation sites (tertiary alicyclic amines) is 1. The number of aliphatic imine (C=N–C) groups is 1. The number of fused-ring (bicyclic) bond motifs is 1. The molecule has 0 bridgehead atoms. The van der Waals surface area contributed by atoms with Crippen molar-refractivity contribution in [3.05, 3.63) is 58.4 Å². The van der Waals surface area contributed by atoms with E-state index >= 15 is 0 Å². The van der Waals surface area contributed by atoms with Crippen LogP contribution in [0.25, 0.3) is 11.8 Å². The van der Waals surface area contributed by atoms with Crippen LogP contribution in [0.4, 0.5) is 0 Å². The Morgan fingerprint density at radius 2 is 1.94 bits per heavy atom. The molecule has 2 aromatic rings. The average molecular weight is 475 g/mol. The molecule has 1 aromatic carbocycles. The molecule has 0 atom stereocenters. The number of hydrazone groups is 1. The van der Waals surface area contributed by atoms with Gasteiger partial charge in [-0.1, -0.05) is 12.1 Å². The Balaban J connectivity index is 1.42. The fourth-order valence-corrected chi connectivity index (χ4v) is 5.44. The molecule has 5 rings (SSSR count). The largest absolute Gasteiger partial charge is 0.342 e. The Kier molecular flexibility index (Phi) is 5.73. The molecule has 4 heterocycles. The lowest BCUT2D eigenvalue weighted by molar-refractivity contribution is -0.128. The Morgan fingerprint density at radius 3 is 2.68 bits per heavy atom. The maximum Gasteiger partial charge on any atom is 0.283 e. The smallest absolute Gasteiger partial charge is 0.283 e. The Labute approximate surface area is 202 Å². The molecule has 1 saturated heterocycles. The highest BCUT2D eigenvalue weighted by atomic mass is 32.2. The van der Waals surface area contributed by atoms with E-state index in [0.717, 1.165) is 48.6 Å². The van der Waals surface area contributed by atoms with Crippen LogP contribution < -0.4 is 0 Å². The molecule has 174 valence electrons.